The van der Waals surface area contributed by atoms with Gasteiger partial charge in [-0.05, 0) is 42.6 Å². The monoisotopic (exact) mass is 286 g/mol. The summed E-state index contributed by atoms with van der Waals surface area (Å²) in [4.78, 5) is 0. The maximum atomic E-state index is 6.01. The summed E-state index contributed by atoms with van der Waals surface area (Å²) >= 11 is 12.0. The predicted molar refractivity (Wildman–Crippen MR) is 78.2 cm³/mol. The number of benzene rings is 1. The molecule has 1 aromatic carbocycles. The van der Waals surface area contributed by atoms with Gasteiger partial charge in [0.15, 0.2) is 0 Å². The van der Waals surface area contributed by atoms with Crippen LogP contribution in [0.2, 0.25) is 10.0 Å². The Morgan fingerprint density at radius 3 is 2.39 bits per heavy atom. The zero-order chi connectivity index (χ0) is 13.0. The molecule has 3 N–H and O–H groups in total. The molecule has 1 atom stereocenters. The van der Waals surface area contributed by atoms with Crippen molar-refractivity contribution in [1.29, 1.82) is 0 Å². The number of rotatable bonds is 6. The van der Waals surface area contributed by atoms with Gasteiger partial charge in [0, 0.05) is 22.6 Å². The fraction of sp³-hybridized carbons (Fsp3) is 0.571. The molecule has 0 aliphatic heterocycles. The first-order valence-electron chi connectivity index (χ1n) is 6.58. The van der Waals surface area contributed by atoms with Gasteiger partial charge in [0.2, 0.25) is 0 Å². The van der Waals surface area contributed by atoms with Crippen LogP contribution in [0.1, 0.15) is 37.3 Å². The third kappa shape index (κ3) is 3.86. The van der Waals surface area contributed by atoms with E-state index in [0.717, 1.165) is 18.0 Å². The zero-order valence-electron chi connectivity index (χ0n) is 10.5. The molecule has 18 heavy (non-hydrogen) atoms. The Kier molecular flexibility index (Phi) is 5.31. The van der Waals surface area contributed by atoms with Crippen LogP contribution in [0.15, 0.2) is 18.2 Å². The van der Waals surface area contributed by atoms with Crippen LogP contribution >= 0.6 is 23.2 Å². The van der Waals surface area contributed by atoms with E-state index in [4.69, 9.17) is 28.9 Å². The second-order valence-corrected chi connectivity index (χ2v) is 5.90. The Labute approximate surface area is 119 Å². The first kappa shape index (κ1) is 14.1. The number of hydrogen-bond donors (Lipinski definition) is 2. The molecular weight excluding hydrogens is 267 g/mol. The first-order chi connectivity index (χ1) is 8.69. The summed E-state index contributed by atoms with van der Waals surface area (Å²) in [6.45, 7) is 1.57. The third-order valence-electron chi connectivity index (χ3n) is 3.69. The molecule has 2 nitrogen and oxygen atoms in total. The van der Waals surface area contributed by atoms with Gasteiger partial charge in [-0.1, -0.05) is 42.5 Å². The second kappa shape index (κ2) is 6.76. The fourth-order valence-electron chi connectivity index (χ4n) is 2.36. The Bertz CT molecular complexity index is 371. The summed E-state index contributed by atoms with van der Waals surface area (Å²) < 4.78 is 0. The minimum Gasteiger partial charge on any atom is -0.329 e. The normalized spacial score (nSPS) is 17.5. The highest BCUT2D eigenvalue weighted by Gasteiger charge is 2.17. The van der Waals surface area contributed by atoms with Crippen LogP contribution in [0, 0.1) is 5.92 Å². The summed E-state index contributed by atoms with van der Waals surface area (Å²) in [7, 11) is 0. The molecular formula is C14H20Cl2N2. The van der Waals surface area contributed by atoms with E-state index < -0.39 is 0 Å². The van der Waals surface area contributed by atoms with Gasteiger partial charge in [-0.2, -0.15) is 0 Å². The Morgan fingerprint density at radius 2 is 1.89 bits per heavy atom. The quantitative estimate of drug-likeness (QED) is 0.835. The van der Waals surface area contributed by atoms with Crippen molar-refractivity contribution in [1.82, 2.24) is 5.32 Å². The summed E-state index contributed by atoms with van der Waals surface area (Å²) in [6, 6.07) is 5.75. The molecule has 1 saturated carbocycles. The lowest BCUT2D eigenvalue weighted by Gasteiger charge is -2.26. The van der Waals surface area contributed by atoms with Crippen molar-refractivity contribution in [2.24, 2.45) is 11.7 Å². The minimum absolute atomic E-state index is 0.140. The number of hydrogen-bond acceptors (Lipinski definition) is 2. The first-order valence-corrected chi connectivity index (χ1v) is 7.34. The van der Waals surface area contributed by atoms with Crippen LogP contribution in [0.4, 0.5) is 0 Å². The lowest BCUT2D eigenvalue weighted by molar-refractivity contribution is 0.288. The lowest BCUT2D eigenvalue weighted by Crippen LogP contribution is -2.30. The van der Waals surface area contributed by atoms with Gasteiger partial charge >= 0.3 is 0 Å². The van der Waals surface area contributed by atoms with Crippen LogP contribution in [-0.4, -0.2) is 13.1 Å². The molecule has 0 saturated heterocycles. The average Bonchev–Trinajstić information content (AvgIpc) is 2.25. The van der Waals surface area contributed by atoms with E-state index in [1.165, 1.54) is 25.7 Å². The van der Waals surface area contributed by atoms with Crippen molar-refractivity contribution in [3.63, 3.8) is 0 Å². The van der Waals surface area contributed by atoms with Crippen molar-refractivity contribution in [2.45, 2.75) is 31.7 Å². The predicted octanol–water partition coefficient (Wildman–Crippen LogP) is 3.77. The summed E-state index contributed by atoms with van der Waals surface area (Å²) in [6.07, 6.45) is 5.41. The molecule has 1 unspecified atom stereocenters. The van der Waals surface area contributed by atoms with Gasteiger partial charge in [-0.3, -0.25) is 0 Å². The molecule has 1 aromatic rings. The maximum absolute atomic E-state index is 6.01. The van der Waals surface area contributed by atoms with Gasteiger partial charge in [0.25, 0.3) is 0 Å². The minimum atomic E-state index is 0.140. The highest BCUT2D eigenvalue weighted by atomic mass is 35.5. The van der Waals surface area contributed by atoms with Crippen molar-refractivity contribution >= 4 is 23.2 Å². The highest BCUT2D eigenvalue weighted by molar-refractivity contribution is 6.34. The van der Waals surface area contributed by atoms with Gasteiger partial charge in [-0.15, -0.1) is 0 Å². The van der Waals surface area contributed by atoms with Crippen molar-refractivity contribution in [2.75, 3.05) is 13.1 Å². The number of nitrogens with two attached hydrogens (primary N) is 1. The van der Waals surface area contributed by atoms with E-state index in [-0.39, 0.29) is 6.04 Å². The molecule has 1 aliphatic rings. The summed E-state index contributed by atoms with van der Waals surface area (Å²) in [5, 5.41) is 4.82. The second-order valence-electron chi connectivity index (χ2n) is 5.03. The molecule has 1 aliphatic carbocycles. The number of nitrogens with one attached hydrogen (secondary N) is 1. The smallest absolute Gasteiger partial charge is 0.0445 e. The molecule has 0 spiro atoms. The summed E-state index contributed by atoms with van der Waals surface area (Å²) in [5.74, 6) is 0.916. The van der Waals surface area contributed by atoms with E-state index in [9.17, 15) is 0 Å². The number of halogens is 2. The van der Waals surface area contributed by atoms with E-state index in [0.29, 0.717) is 16.6 Å². The molecule has 2 rings (SSSR count). The van der Waals surface area contributed by atoms with Gasteiger partial charge in [0.05, 0.1) is 0 Å². The van der Waals surface area contributed by atoms with Crippen molar-refractivity contribution < 1.29 is 0 Å². The summed E-state index contributed by atoms with van der Waals surface area (Å²) in [5.41, 5.74) is 6.89. The fourth-order valence-corrected chi connectivity index (χ4v) is 2.90. The van der Waals surface area contributed by atoms with E-state index in [2.05, 4.69) is 5.32 Å². The van der Waals surface area contributed by atoms with E-state index >= 15 is 0 Å². The largest absolute Gasteiger partial charge is 0.329 e. The van der Waals surface area contributed by atoms with Crippen LogP contribution in [0.3, 0.4) is 0 Å². The molecule has 4 heteroatoms. The molecule has 0 amide bonds. The topological polar surface area (TPSA) is 38.0 Å². The van der Waals surface area contributed by atoms with E-state index in [1.807, 2.05) is 12.1 Å². The van der Waals surface area contributed by atoms with Crippen molar-refractivity contribution in [3.8, 4) is 0 Å². The van der Waals surface area contributed by atoms with Crippen LogP contribution in [0.5, 0.6) is 0 Å². The SMILES string of the molecule is NCC(NCCC1CCC1)c1cc(Cl)cc(Cl)c1. The zero-order valence-corrected chi connectivity index (χ0v) is 12.0. The van der Waals surface area contributed by atoms with Crippen LogP contribution < -0.4 is 11.1 Å². The standard InChI is InChI=1S/C14H20Cl2N2/c15-12-6-11(7-13(16)8-12)14(9-17)18-5-4-10-2-1-3-10/h6-8,10,14,18H,1-5,9,17H2. The van der Waals surface area contributed by atoms with Crippen LogP contribution in [-0.2, 0) is 0 Å². The Hall–Kier alpha value is -0.280. The molecule has 0 heterocycles. The molecule has 1 fully saturated rings. The molecule has 0 aromatic heterocycles. The lowest BCUT2D eigenvalue weighted by atomic mass is 9.83. The van der Waals surface area contributed by atoms with Crippen LogP contribution in [0.25, 0.3) is 0 Å². The highest BCUT2D eigenvalue weighted by Crippen LogP contribution is 2.29. The van der Waals surface area contributed by atoms with Crippen molar-refractivity contribution in [3.05, 3.63) is 33.8 Å². The van der Waals surface area contributed by atoms with E-state index in [1.54, 1.807) is 6.07 Å². The Balaban J connectivity index is 1.89. The molecule has 0 bridgehead atoms. The Morgan fingerprint density at radius 1 is 1.22 bits per heavy atom. The van der Waals surface area contributed by atoms with Gasteiger partial charge in [-0.25, -0.2) is 0 Å². The molecule has 100 valence electrons. The average molecular weight is 287 g/mol. The van der Waals surface area contributed by atoms with Gasteiger partial charge < -0.3 is 11.1 Å². The molecule has 0 radical (unpaired) electrons. The maximum Gasteiger partial charge on any atom is 0.0445 e. The van der Waals surface area contributed by atoms with Gasteiger partial charge in [0.1, 0.15) is 0 Å². The third-order valence-corrected chi connectivity index (χ3v) is 4.13.